The van der Waals surface area contributed by atoms with Gasteiger partial charge in [0, 0.05) is 29.9 Å². The predicted molar refractivity (Wildman–Crippen MR) is 127 cm³/mol. The van der Waals surface area contributed by atoms with Crippen LogP contribution in [0.4, 0.5) is 17.6 Å². The number of ether oxygens (including phenoxy) is 1. The molecule has 188 valence electrons. The van der Waals surface area contributed by atoms with Crippen molar-refractivity contribution in [1.82, 2.24) is 9.29 Å². The first kappa shape index (κ1) is 25.5. The molecule has 0 atom stereocenters. The molecule has 1 N–H and O–H groups in total. The number of halogens is 4. The maximum atomic E-state index is 15.2. The first-order chi connectivity index (χ1) is 17.1. The molecule has 0 unspecified atom stereocenters. The first-order valence-corrected chi connectivity index (χ1v) is 12.3. The van der Waals surface area contributed by atoms with Gasteiger partial charge < -0.3 is 10.1 Å². The van der Waals surface area contributed by atoms with Crippen molar-refractivity contribution in [2.45, 2.75) is 25.0 Å². The second kappa shape index (κ2) is 10.2. The van der Waals surface area contributed by atoms with E-state index in [1.165, 1.54) is 43.5 Å². The summed E-state index contributed by atoms with van der Waals surface area (Å²) in [5.41, 5.74) is 0.794. The number of benzene rings is 3. The van der Waals surface area contributed by atoms with Crippen LogP contribution in [0.1, 0.15) is 16.7 Å². The lowest BCUT2D eigenvalue weighted by Gasteiger charge is -2.13. The van der Waals surface area contributed by atoms with Crippen LogP contribution in [0.25, 0.3) is 11.3 Å². The van der Waals surface area contributed by atoms with E-state index in [1.807, 2.05) is 0 Å². The molecular formula is C26H22F4N2O3S. The summed E-state index contributed by atoms with van der Waals surface area (Å²) in [6.45, 7) is 1.48. The van der Waals surface area contributed by atoms with Crippen molar-refractivity contribution in [2.75, 3.05) is 7.05 Å². The third-order valence-electron chi connectivity index (χ3n) is 5.54. The van der Waals surface area contributed by atoms with Gasteiger partial charge in [-0.1, -0.05) is 6.07 Å². The SMILES string of the molecule is CNCc1cc(-c2ccc(OCc3cc(F)ccc3F)cc2F)n(S(=O)(=O)c2ccc(C)c(F)c2)c1. The van der Waals surface area contributed by atoms with E-state index in [-0.39, 0.29) is 39.6 Å². The number of aryl methyl sites for hydroxylation is 1. The summed E-state index contributed by atoms with van der Waals surface area (Å²) < 4.78 is 89.6. The van der Waals surface area contributed by atoms with E-state index in [4.69, 9.17) is 4.74 Å². The number of hydrogen-bond donors (Lipinski definition) is 1. The van der Waals surface area contributed by atoms with Crippen molar-refractivity contribution < 1.29 is 30.7 Å². The quantitative estimate of drug-likeness (QED) is 0.311. The minimum absolute atomic E-state index is 0.0291. The average Bonchev–Trinajstić information content (AvgIpc) is 3.26. The van der Waals surface area contributed by atoms with Crippen LogP contribution in [0.3, 0.4) is 0 Å². The second-order valence-electron chi connectivity index (χ2n) is 8.14. The first-order valence-electron chi connectivity index (χ1n) is 10.8. The van der Waals surface area contributed by atoms with E-state index in [2.05, 4.69) is 5.32 Å². The largest absolute Gasteiger partial charge is 0.489 e. The molecular weight excluding hydrogens is 496 g/mol. The summed E-state index contributed by atoms with van der Waals surface area (Å²) in [4.78, 5) is -0.282. The minimum Gasteiger partial charge on any atom is -0.489 e. The maximum absolute atomic E-state index is 15.2. The third-order valence-corrected chi connectivity index (χ3v) is 7.21. The van der Waals surface area contributed by atoms with Crippen molar-refractivity contribution in [3.05, 3.63) is 107 Å². The maximum Gasteiger partial charge on any atom is 0.268 e. The molecule has 0 bridgehead atoms. The highest BCUT2D eigenvalue weighted by Gasteiger charge is 2.24. The van der Waals surface area contributed by atoms with Crippen LogP contribution in [-0.2, 0) is 23.2 Å². The molecule has 0 saturated heterocycles. The second-order valence-corrected chi connectivity index (χ2v) is 9.96. The van der Waals surface area contributed by atoms with E-state index in [1.54, 1.807) is 7.05 Å². The number of hydrogen-bond acceptors (Lipinski definition) is 4. The molecule has 0 spiro atoms. The smallest absolute Gasteiger partial charge is 0.268 e. The Hall–Kier alpha value is -3.63. The van der Waals surface area contributed by atoms with Crippen LogP contribution < -0.4 is 10.1 Å². The Bertz CT molecular complexity index is 1530. The molecule has 0 aliphatic heterocycles. The average molecular weight is 519 g/mol. The van der Waals surface area contributed by atoms with Crippen molar-refractivity contribution in [2.24, 2.45) is 0 Å². The normalized spacial score (nSPS) is 11.6. The number of aromatic nitrogens is 1. The summed E-state index contributed by atoms with van der Waals surface area (Å²) in [7, 11) is -2.59. The molecule has 0 fully saturated rings. The molecule has 4 rings (SSSR count). The van der Waals surface area contributed by atoms with Gasteiger partial charge >= 0.3 is 0 Å². The number of rotatable bonds is 8. The van der Waals surface area contributed by atoms with Crippen molar-refractivity contribution in [1.29, 1.82) is 0 Å². The fourth-order valence-electron chi connectivity index (χ4n) is 3.65. The van der Waals surface area contributed by atoms with E-state index in [9.17, 15) is 21.6 Å². The topological polar surface area (TPSA) is 60.3 Å². The minimum atomic E-state index is -4.26. The van der Waals surface area contributed by atoms with Gasteiger partial charge in [-0.2, -0.15) is 0 Å². The zero-order chi connectivity index (χ0) is 26.0. The highest BCUT2D eigenvalue weighted by atomic mass is 32.2. The van der Waals surface area contributed by atoms with Gasteiger partial charge in [0.05, 0.1) is 10.6 Å². The molecule has 0 aliphatic rings. The van der Waals surface area contributed by atoms with Gasteiger partial charge in [-0.25, -0.2) is 30.0 Å². The molecule has 4 aromatic rings. The van der Waals surface area contributed by atoms with Crippen molar-refractivity contribution >= 4 is 10.0 Å². The lowest BCUT2D eigenvalue weighted by molar-refractivity contribution is 0.297. The highest BCUT2D eigenvalue weighted by Crippen LogP contribution is 2.32. The Balaban J connectivity index is 1.70. The van der Waals surface area contributed by atoms with E-state index >= 15 is 4.39 Å². The van der Waals surface area contributed by atoms with E-state index in [0.717, 1.165) is 34.3 Å². The molecule has 1 aromatic heterocycles. The lowest BCUT2D eigenvalue weighted by atomic mass is 10.1. The Kier molecular flexibility index (Phi) is 7.18. The van der Waals surface area contributed by atoms with Gasteiger partial charge in [0.15, 0.2) is 0 Å². The van der Waals surface area contributed by atoms with Crippen LogP contribution in [0.15, 0.2) is 71.8 Å². The summed E-state index contributed by atoms with van der Waals surface area (Å²) in [6, 6.07) is 11.7. The standard InChI is InChI=1S/C26H22F4N2O3S/c1-16-3-6-21(12-24(16)29)36(33,34)32-14-17(13-31-2)9-26(32)22-7-5-20(11-25(22)30)35-15-18-10-19(27)4-8-23(18)28/h3-12,14,31H,13,15H2,1-2H3. The summed E-state index contributed by atoms with van der Waals surface area (Å²) in [5.74, 6) is -2.74. The molecule has 0 saturated carbocycles. The molecule has 0 aliphatic carbocycles. The van der Waals surface area contributed by atoms with Gasteiger partial charge in [-0.3, -0.25) is 0 Å². The van der Waals surface area contributed by atoms with Crippen LogP contribution in [0.2, 0.25) is 0 Å². The molecule has 5 nitrogen and oxygen atoms in total. The highest BCUT2D eigenvalue weighted by molar-refractivity contribution is 7.90. The predicted octanol–water partition coefficient (Wildman–Crippen LogP) is 5.56. The van der Waals surface area contributed by atoms with Crippen LogP contribution >= 0.6 is 0 Å². The van der Waals surface area contributed by atoms with Gasteiger partial charge in [-0.05, 0) is 73.6 Å². The lowest BCUT2D eigenvalue weighted by Crippen LogP contribution is -2.14. The summed E-state index contributed by atoms with van der Waals surface area (Å²) in [6.07, 6.45) is 1.34. The molecule has 3 aromatic carbocycles. The number of nitrogens with zero attached hydrogens (tertiary/aromatic N) is 1. The van der Waals surface area contributed by atoms with E-state index in [0.29, 0.717) is 12.1 Å². The summed E-state index contributed by atoms with van der Waals surface area (Å²) in [5, 5.41) is 2.91. The molecule has 36 heavy (non-hydrogen) atoms. The number of nitrogens with one attached hydrogen (secondary N) is 1. The fourth-order valence-corrected chi connectivity index (χ4v) is 5.05. The van der Waals surface area contributed by atoms with Gasteiger partial charge in [0.25, 0.3) is 10.0 Å². The van der Waals surface area contributed by atoms with Gasteiger partial charge in [0.1, 0.15) is 35.6 Å². The zero-order valence-corrected chi connectivity index (χ0v) is 20.2. The Morgan fingerprint density at radius 2 is 1.67 bits per heavy atom. The molecule has 10 heteroatoms. The van der Waals surface area contributed by atoms with Crippen LogP contribution in [0.5, 0.6) is 5.75 Å². The van der Waals surface area contributed by atoms with E-state index < -0.39 is 33.3 Å². The Morgan fingerprint density at radius 1 is 0.889 bits per heavy atom. The van der Waals surface area contributed by atoms with Gasteiger partial charge in [0.2, 0.25) is 0 Å². The Morgan fingerprint density at radius 3 is 2.36 bits per heavy atom. The third kappa shape index (κ3) is 5.14. The fraction of sp³-hybridized carbons (Fsp3) is 0.154. The molecule has 0 radical (unpaired) electrons. The van der Waals surface area contributed by atoms with Gasteiger partial charge in [-0.15, -0.1) is 0 Å². The Labute approximate surface area is 206 Å². The zero-order valence-electron chi connectivity index (χ0n) is 19.4. The van der Waals surface area contributed by atoms with Crippen LogP contribution in [0, 0.1) is 30.2 Å². The van der Waals surface area contributed by atoms with Crippen molar-refractivity contribution in [3.8, 4) is 17.0 Å². The summed E-state index contributed by atoms with van der Waals surface area (Å²) >= 11 is 0. The monoisotopic (exact) mass is 518 g/mol. The van der Waals surface area contributed by atoms with Crippen molar-refractivity contribution in [3.63, 3.8) is 0 Å². The molecule has 0 amide bonds. The van der Waals surface area contributed by atoms with Crippen LogP contribution in [-0.4, -0.2) is 19.4 Å². The molecule has 1 heterocycles.